The molecule has 0 bridgehead atoms. The Morgan fingerprint density at radius 1 is 0.846 bits per heavy atom. The lowest BCUT2D eigenvalue weighted by Gasteiger charge is -2.03. The van der Waals surface area contributed by atoms with Crippen molar-refractivity contribution in [2.75, 3.05) is 0 Å². The van der Waals surface area contributed by atoms with E-state index in [1.165, 1.54) is 88.3 Å². The van der Waals surface area contributed by atoms with Crippen LogP contribution in [0.15, 0.2) is 0 Å². The van der Waals surface area contributed by atoms with Crippen LogP contribution in [0, 0.1) is 6.92 Å². The number of unbranched alkanes of at least 4 members (excludes halogenated alkanes) is 13. The molecule has 0 saturated heterocycles. The number of rotatable bonds is 17. The lowest BCUT2D eigenvalue weighted by atomic mass is 10.0. The molecule has 0 aliphatic carbocycles. The van der Waals surface area contributed by atoms with Crippen LogP contribution < -0.4 is 0 Å². The number of thiazole rings is 1. The van der Waals surface area contributed by atoms with E-state index in [-0.39, 0.29) is 6.42 Å². The van der Waals surface area contributed by atoms with Crippen LogP contribution in [0.5, 0.6) is 0 Å². The van der Waals surface area contributed by atoms with Crippen molar-refractivity contribution in [1.82, 2.24) is 4.98 Å². The fourth-order valence-electron chi connectivity index (χ4n) is 3.47. The molecule has 1 heterocycles. The molecule has 1 aromatic rings. The molecular weight excluding hydrogens is 342 g/mol. The number of aromatic nitrogens is 1. The van der Waals surface area contributed by atoms with Gasteiger partial charge >= 0.3 is 5.97 Å². The number of hydrogen-bond donors (Lipinski definition) is 1. The average Bonchev–Trinajstić information content (AvgIpc) is 2.93. The van der Waals surface area contributed by atoms with Gasteiger partial charge in [0.05, 0.1) is 17.1 Å². The van der Waals surface area contributed by atoms with E-state index in [4.69, 9.17) is 5.11 Å². The summed E-state index contributed by atoms with van der Waals surface area (Å²) in [6, 6.07) is 0. The smallest absolute Gasteiger partial charge is 0.309 e. The van der Waals surface area contributed by atoms with Gasteiger partial charge in [0.1, 0.15) is 0 Å². The molecule has 0 radical (unpaired) electrons. The van der Waals surface area contributed by atoms with E-state index in [1.807, 2.05) is 6.92 Å². The van der Waals surface area contributed by atoms with Crippen molar-refractivity contribution < 1.29 is 9.90 Å². The maximum absolute atomic E-state index is 10.9. The van der Waals surface area contributed by atoms with E-state index in [0.29, 0.717) is 0 Å². The van der Waals surface area contributed by atoms with Gasteiger partial charge in [-0.15, -0.1) is 11.3 Å². The third-order valence-corrected chi connectivity index (χ3v) is 6.03. The van der Waals surface area contributed by atoms with E-state index >= 15 is 0 Å². The van der Waals surface area contributed by atoms with E-state index in [9.17, 15) is 4.79 Å². The fraction of sp³-hybridized carbons (Fsp3) is 0.818. The summed E-state index contributed by atoms with van der Waals surface area (Å²) in [5.74, 6) is -0.780. The predicted octanol–water partition coefficient (Wildman–Crippen LogP) is 7.10. The van der Waals surface area contributed by atoms with Gasteiger partial charge in [0.25, 0.3) is 0 Å². The maximum Gasteiger partial charge on any atom is 0.309 e. The van der Waals surface area contributed by atoms with Crippen molar-refractivity contribution in [3.05, 3.63) is 15.6 Å². The van der Waals surface area contributed by atoms with E-state index in [1.54, 1.807) is 11.3 Å². The van der Waals surface area contributed by atoms with Gasteiger partial charge in [-0.05, 0) is 19.8 Å². The zero-order valence-electron chi connectivity index (χ0n) is 17.0. The summed E-state index contributed by atoms with van der Waals surface area (Å²) in [6.07, 6.45) is 20.2. The van der Waals surface area contributed by atoms with Gasteiger partial charge in [-0.25, -0.2) is 4.98 Å². The minimum atomic E-state index is -0.780. The third-order valence-electron chi connectivity index (χ3n) is 4.96. The number of nitrogens with zero attached hydrogens (tertiary/aromatic N) is 1. The van der Waals surface area contributed by atoms with Crippen molar-refractivity contribution in [2.24, 2.45) is 0 Å². The summed E-state index contributed by atoms with van der Waals surface area (Å²) >= 11 is 1.67. The van der Waals surface area contributed by atoms with Crippen molar-refractivity contribution in [3.8, 4) is 0 Å². The van der Waals surface area contributed by atoms with Crippen LogP contribution in [0.25, 0.3) is 0 Å². The molecule has 0 saturated carbocycles. The number of carboxylic acids is 1. The van der Waals surface area contributed by atoms with E-state index in [2.05, 4.69) is 11.9 Å². The first-order valence-corrected chi connectivity index (χ1v) is 11.6. The van der Waals surface area contributed by atoms with Gasteiger partial charge < -0.3 is 5.11 Å². The van der Waals surface area contributed by atoms with Gasteiger partial charge in [-0.2, -0.15) is 0 Å². The Morgan fingerprint density at radius 3 is 1.77 bits per heavy atom. The minimum Gasteiger partial charge on any atom is -0.481 e. The molecule has 0 aromatic carbocycles. The molecule has 0 aliphatic heterocycles. The molecule has 0 unspecified atom stereocenters. The monoisotopic (exact) mass is 381 g/mol. The highest BCUT2D eigenvalue weighted by molar-refractivity contribution is 7.11. The largest absolute Gasteiger partial charge is 0.481 e. The molecule has 150 valence electrons. The Bertz CT molecular complexity index is 484. The topological polar surface area (TPSA) is 50.2 Å². The van der Waals surface area contributed by atoms with E-state index < -0.39 is 5.97 Å². The highest BCUT2D eigenvalue weighted by Crippen LogP contribution is 2.22. The van der Waals surface area contributed by atoms with Gasteiger partial charge in [-0.3, -0.25) is 4.79 Å². The van der Waals surface area contributed by atoms with Gasteiger partial charge in [0, 0.05) is 4.88 Å². The first-order valence-electron chi connectivity index (χ1n) is 10.8. The Morgan fingerprint density at radius 2 is 1.31 bits per heavy atom. The number of aliphatic carboxylic acids is 1. The number of hydrogen-bond acceptors (Lipinski definition) is 3. The van der Waals surface area contributed by atoms with Crippen LogP contribution in [0.2, 0.25) is 0 Å². The van der Waals surface area contributed by atoms with Crippen LogP contribution in [0.4, 0.5) is 0 Å². The molecule has 0 aliphatic rings. The molecule has 1 rings (SSSR count). The lowest BCUT2D eigenvalue weighted by Crippen LogP contribution is -2.03. The number of carbonyl (C=O) groups is 1. The second-order valence-corrected chi connectivity index (χ2v) is 8.81. The molecule has 0 atom stereocenters. The van der Waals surface area contributed by atoms with Crippen LogP contribution in [0.1, 0.15) is 112 Å². The maximum atomic E-state index is 10.9. The summed E-state index contributed by atoms with van der Waals surface area (Å²) in [7, 11) is 0. The second kappa shape index (κ2) is 15.2. The predicted molar refractivity (Wildman–Crippen MR) is 112 cm³/mol. The summed E-state index contributed by atoms with van der Waals surface area (Å²) in [6.45, 7) is 4.24. The number of carboxylic acid groups (broad SMARTS) is 1. The number of aryl methyl sites for hydroxylation is 2. The van der Waals surface area contributed by atoms with Gasteiger partial charge in [0.2, 0.25) is 0 Å². The highest BCUT2D eigenvalue weighted by atomic mass is 32.1. The molecule has 26 heavy (non-hydrogen) atoms. The van der Waals surface area contributed by atoms with Crippen molar-refractivity contribution in [3.63, 3.8) is 0 Å². The lowest BCUT2D eigenvalue weighted by molar-refractivity contribution is -0.136. The first kappa shape index (κ1) is 23.1. The SMILES string of the molecule is CCCCCCCCCCCCCCCCc1sc(C)nc1CC(=O)O. The Labute approximate surface area is 164 Å². The van der Waals surface area contributed by atoms with Crippen LogP contribution in [-0.4, -0.2) is 16.1 Å². The zero-order valence-corrected chi connectivity index (χ0v) is 17.8. The van der Waals surface area contributed by atoms with Gasteiger partial charge in [0.15, 0.2) is 0 Å². The molecular formula is C22H39NO2S. The molecule has 4 heteroatoms. The van der Waals surface area contributed by atoms with Crippen molar-refractivity contribution in [2.45, 2.75) is 117 Å². The average molecular weight is 382 g/mol. The van der Waals surface area contributed by atoms with Crippen LogP contribution in [0.3, 0.4) is 0 Å². The molecule has 0 amide bonds. The third kappa shape index (κ3) is 11.7. The van der Waals surface area contributed by atoms with E-state index in [0.717, 1.165) is 23.5 Å². The summed E-state index contributed by atoms with van der Waals surface area (Å²) in [5.41, 5.74) is 0.787. The molecule has 3 nitrogen and oxygen atoms in total. The molecule has 1 N–H and O–H groups in total. The summed E-state index contributed by atoms with van der Waals surface area (Å²) in [5, 5.41) is 9.95. The quantitative estimate of drug-likeness (QED) is 0.293. The second-order valence-electron chi connectivity index (χ2n) is 7.52. The Balaban J connectivity index is 1.93. The fourth-order valence-corrected chi connectivity index (χ4v) is 4.46. The summed E-state index contributed by atoms with van der Waals surface area (Å²) < 4.78 is 0. The normalized spacial score (nSPS) is 11.2. The Hall–Kier alpha value is -0.900. The zero-order chi connectivity index (χ0) is 19.0. The molecule has 0 fully saturated rings. The van der Waals surface area contributed by atoms with Crippen molar-refractivity contribution in [1.29, 1.82) is 0 Å². The minimum absolute atomic E-state index is 0.0677. The van der Waals surface area contributed by atoms with Crippen LogP contribution in [-0.2, 0) is 17.6 Å². The highest BCUT2D eigenvalue weighted by Gasteiger charge is 2.11. The molecule has 0 spiro atoms. The first-order chi connectivity index (χ1) is 12.6. The summed E-state index contributed by atoms with van der Waals surface area (Å²) in [4.78, 5) is 16.5. The molecule has 1 aromatic heterocycles. The van der Waals surface area contributed by atoms with Crippen LogP contribution >= 0.6 is 11.3 Å². The Kier molecular flexibility index (Phi) is 13.5. The van der Waals surface area contributed by atoms with Gasteiger partial charge in [-0.1, -0.05) is 90.4 Å². The van der Waals surface area contributed by atoms with Crippen molar-refractivity contribution >= 4 is 17.3 Å². The standard InChI is InChI=1S/C22H39NO2S/c1-3-4-5-6-7-8-9-10-11-12-13-14-15-16-17-21-20(18-22(24)25)23-19(2)26-21/h3-18H2,1-2H3,(H,24,25).